The van der Waals surface area contributed by atoms with Crippen LogP contribution in [0.4, 0.5) is 5.69 Å². The molecule has 0 saturated carbocycles. The number of rotatable bonds is 9. The van der Waals surface area contributed by atoms with E-state index in [4.69, 9.17) is 4.74 Å². The number of anilines is 1. The van der Waals surface area contributed by atoms with Gasteiger partial charge in [0.1, 0.15) is 5.75 Å². The summed E-state index contributed by atoms with van der Waals surface area (Å²) in [7, 11) is 0. The normalized spacial score (nSPS) is 10.3. The van der Waals surface area contributed by atoms with Crippen molar-refractivity contribution in [3.63, 3.8) is 0 Å². The molecule has 0 heterocycles. The Balaban J connectivity index is 1.71. The van der Waals surface area contributed by atoms with E-state index in [-0.39, 0.29) is 0 Å². The predicted octanol–water partition coefficient (Wildman–Crippen LogP) is 5.26. The number of ether oxygens (including phenoxy) is 1. The average Bonchev–Trinajstić information content (AvgIpc) is 2.55. The Labute approximate surface area is 128 Å². The Hall–Kier alpha value is -1.96. The van der Waals surface area contributed by atoms with Crippen LogP contribution in [-0.4, -0.2) is 6.61 Å². The minimum Gasteiger partial charge on any atom is -0.494 e. The van der Waals surface area contributed by atoms with Gasteiger partial charge in [0.05, 0.1) is 6.61 Å². The molecule has 0 aliphatic heterocycles. The van der Waals surface area contributed by atoms with Crippen molar-refractivity contribution in [3.8, 4) is 5.75 Å². The second-order valence-electron chi connectivity index (χ2n) is 5.27. The summed E-state index contributed by atoms with van der Waals surface area (Å²) in [6.45, 7) is 3.88. The van der Waals surface area contributed by atoms with Crippen molar-refractivity contribution in [1.29, 1.82) is 0 Å². The lowest BCUT2D eigenvalue weighted by molar-refractivity contribution is 0.305. The molecule has 0 fully saturated rings. The maximum absolute atomic E-state index is 5.75. The van der Waals surface area contributed by atoms with Crippen LogP contribution in [0.5, 0.6) is 5.75 Å². The van der Waals surface area contributed by atoms with E-state index in [1.54, 1.807) is 0 Å². The SMILES string of the molecule is CCCCCCOc1ccc(CNc2ccccc2)cc1. The van der Waals surface area contributed by atoms with E-state index >= 15 is 0 Å². The predicted molar refractivity (Wildman–Crippen MR) is 89.8 cm³/mol. The minimum atomic E-state index is 0.821. The topological polar surface area (TPSA) is 21.3 Å². The van der Waals surface area contributed by atoms with Crippen molar-refractivity contribution in [2.75, 3.05) is 11.9 Å². The summed E-state index contributed by atoms with van der Waals surface area (Å²) < 4.78 is 5.75. The highest BCUT2D eigenvalue weighted by molar-refractivity contribution is 5.43. The van der Waals surface area contributed by atoms with Gasteiger partial charge in [-0.25, -0.2) is 0 Å². The van der Waals surface area contributed by atoms with Gasteiger partial charge < -0.3 is 10.1 Å². The molecule has 2 nitrogen and oxygen atoms in total. The maximum Gasteiger partial charge on any atom is 0.119 e. The molecule has 112 valence electrons. The smallest absolute Gasteiger partial charge is 0.119 e. The second-order valence-corrected chi connectivity index (χ2v) is 5.27. The van der Waals surface area contributed by atoms with Crippen LogP contribution in [0.25, 0.3) is 0 Å². The fraction of sp³-hybridized carbons (Fsp3) is 0.368. The molecule has 2 aromatic carbocycles. The maximum atomic E-state index is 5.75. The van der Waals surface area contributed by atoms with E-state index < -0.39 is 0 Å². The molecule has 0 saturated heterocycles. The van der Waals surface area contributed by atoms with E-state index in [1.165, 1.54) is 24.8 Å². The molecular formula is C19H25NO. The summed E-state index contributed by atoms with van der Waals surface area (Å²) in [4.78, 5) is 0. The van der Waals surface area contributed by atoms with Crippen molar-refractivity contribution in [3.05, 3.63) is 60.2 Å². The lowest BCUT2D eigenvalue weighted by Crippen LogP contribution is -2.00. The lowest BCUT2D eigenvalue weighted by Gasteiger charge is -2.09. The van der Waals surface area contributed by atoms with Crippen molar-refractivity contribution in [2.45, 2.75) is 39.2 Å². The molecule has 0 spiro atoms. The summed E-state index contributed by atoms with van der Waals surface area (Å²) in [5.41, 5.74) is 2.41. The van der Waals surface area contributed by atoms with E-state index in [9.17, 15) is 0 Å². The Morgan fingerprint density at radius 3 is 2.33 bits per heavy atom. The van der Waals surface area contributed by atoms with Crippen molar-refractivity contribution >= 4 is 5.69 Å². The quantitative estimate of drug-likeness (QED) is 0.634. The fourth-order valence-corrected chi connectivity index (χ4v) is 2.18. The first-order chi connectivity index (χ1) is 10.4. The van der Waals surface area contributed by atoms with E-state index in [2.05, 4.69) is 48.6 Å². The Kier molecular flexibility index (Phi) is 6.66. The largest absolute Gasteiger partial charge is 0.494 e. The molecule has 0 bridgehead atoms. The number of hydrogen-bond acceptors (Lipinski definition) is 2. The number of benzene rings is 2. The molecule has 1 N–H and O–H groups in total. The van der Waals surface area contributed by atoms with Crippen LogP contribution in [0, 0.1) is 0 Å². The van der Waals surface area contributed by atoms with Gasteiger partial charge in [-0.3, -0.25) is 0 Å². The Morgan fingerprint density at radius 2 is 1.62 bits per heavy atom. The van der Waals surface area contributed by atoms with Crippen molar-refractivity contribution < 1.29 is 4.74 Å². The van der Waals surface area contributed by atoms with Gasteiger partial charge in [-0.05, 0) is 36.2 Å². The summed E-state index contributed by atoms with van der Waals surface area (Å²) in [5, 5.41) is 3.41. The monoisotopic (exact) mass is 283 g/mol. The first-order valence-electron chi connectivity index (χ1n) is 7.89. The first-order valence-corrected chi connectivity index (χ1v) is 7.89. The molecule has 0 unspecified atom stereocenters. The van der Waals surface area contributed by atoms with E-state index in [0.717, 1.165) is 31.0 Å². The minimum absolute atomic E-state index is 0.821. The summed E-state index contributed by atoms with van der Waals surface area (Å²) in [6, 6.07) is 18.6. The zero-order chi connectivity index (χ0) is 14.8. The Morgan fingerprint density at radius 1 is 0.857 bits per heavy atom. The van der Waals surface area contributed by atoms with Gasteiger partial charge in [-0.2, -0.15) is 0 Å². The molecule has 2 heteroatoms. The third-order valence-electron chi connectivity index (χ3n) is 3.46. The number of nitrogens with one attached hydrogen (secondary N) is 1. The van der Waals surface area contributed by atoms with E-state index in [0.29, 0.717) is 0 Å². The molecule has 0 radical (unpaired) electrons. The highest BCUT2D eigenvalue weighted by Crippen LogP contribution is 2.14. The summed E-state index contributed by atoms with van der Waals surface area (Å²) in [6.07, 6.45) is 4.97. The molecule has 2 aromatic rings. The third-order valence-corrected chi connectivity index (χ3v) is 3.46. The number of hydrogen-bond donors (Lipinski definition) is 1. The van der Waals surface area contributed by atoms with Crippen LogP contribution in [0.3, 0.4) is 0 Å². The van der Waals surface area contributed by atoms with Crippen LogP contribution in [0.15, 0.2) is 54.6 Å². The number of unbranched alkanes of at least 4 members (excludes halogenated alkanes) is 3. The first kappa shape index (κ1) is 15.4. The van der Waals surface area contributed by atoms with Gasteiger partial charge in [0.25, 0.3) is 0 Å². The lowest BCUT2D eigenvalue weighted by atomic mass is 10.2. The van der Waals surface area contributed by atoms with Gasteiger partial charge in [0.2, 0.25) is 0 Å². The van der Waals surface area contributed by atoms with Crippen molar-refractivity contribution in [1.82, 2.24) is 0 Å². The van der Waals surface area contributed by atoms with Gasteiger partial charge in [-0.15, -0.1) is 0 Å². The molecule has 0 atom stereocenters. The Bertz CT molecular complexity index is 493. The molecule has 0 aliphatic rings. The summed E-state index contributed by atoms with van der Waals surface area (Å²) in [5.74, 6) is 0.968. The molecule has 21 heavy (non-hydrogen) atoms. The molecule has 0 amide bonds. The fourth-order valence-electron chi connectivity index (χ4n) is 2.18. The van der Waals surface area contributed by atoms with Crippen LogP contribution in [-0.2, 0) is 6.54 Å². The van der Waals surface area contributed by atoms with Crippen molar-refractivity contribution in [2.24, 2.45) is 0 Å². The highest BCUT2D eigenvalue weighted by atomic mass is 16.5. The highest BCUT2D eigenvalue weighted by Gasteiger charge is 1.97. The van der Waals surface area contributed by atoms with Gasteiger partial charge in [0, 0.05) is 12.2 Å². The standard InChI is InChI=1S/C19H25NO/c1-2-3-4-8-15-21-19-13-11-17(12-14-19)16-20-18-9-6-5-7-10-18/h5-7,9-14,20H,2-4,8,15-16H2,1H3. The summed E-state index contributed by atoms with van der Waals surface area (Å²) >= 11 is 0. The number of para-hydroxylation sites is 1. The second kappa shape index (κ2) is 9.06. The third kappa shape index (κ3) is 5.90. The molecule has 2 rings (SSSR count). The van der Waals surface area contributed by atoms with Gasteiger partial charge in [-0.1, -0.05) is 56.5 Å². The van der Waals surface area contributed by atoms with Gasteiger partial charge >= 0.3 is 0 Å². The average molecular weight is 283 g/mol. The van der Waals surface area contributed by atoms with Crippen LogP contribution >= 0.6 is 0 Å². The molecule has 0 aromatic heterocycles. The van der Waals surface area contributed by atoms with Gasteiger partial charge in [0.15, 0.2) is 0 Å². The van der Waals surface area contributed by atoms with Crippen LogP contribution < -0.4 is 10.1 Å². The molecule has 0 aliphatic carbocycles. The zero-order valence-corrected chi connectivity index (χ0v) is 12.8. The van der Waals surface area contributed by atoms with E-state index in [1.807, 2.05) is 18.2 Å². The van der Waals surface area contributed by atoms with Crippen LogP contribution in [0.1, 0.15) is 38.2 Å². The van der Waals surface area contributed by atoms with Crippen LogP contribution in [0.2, 0.25) is 0 Å². The zero-order valence-electron chi connectivity index (χ0n) is 12.8. The molecular weight excluding hydrogens is 258 g/mol.